The lowest BCUT2D eigenvalue weighted by molar-refractivity contribution is 0.626. The molecular formula is C9H5FIN3. The second-order valence-corrected chi connectivity index (χ2v) is 3.87. The molecule has 0 amide bonds. The molecule has 5 heteroatoms. The van der Waals surface area contributed by atoms with E-state index in [1.54, 1.807) is 13.1 Å². The lowest BCUT2D eigenvalue weighted by Gasteiger charge is -1.96. The molecule has 0 unspecified atom stereocenters. The molecule has 0 saturated carbocycles. The van der Waals surface area contributed by atoms with Crippen LogP contribution in [0.2, 0.25) is 0 Å². The zero-order chi connectivity index (χ0) is 10.3. The van der Waals surface area contributed by atoms with Crippen LogP contribution in [0.4, 0.5) is 10.1 Å². The second kappa shape index (κ2) is 3.20. The number of halogens is 2. The molecule has 70 valence electrons. The van der Waals surface area contributed by atoms with Crippen molar-refractivity contribution in [2.75, 3.05) is 0 Å². The number of aromatic nitrogens is 2. The Morgan fingerprint density at radius 1 is 1.57 bits per heavy atom. The Labute approximate surface area is 93.5 Å². The standard InChI is InChI=1S/C9H5FIN3/c1-12-5-3-6-8(7(10)4-5)14(2)13-9(6)11/h3-4H,2H3. The molecule has 2 rings (SSSR count). The number of hydrogen-bond acceptors (Lipinski definition) is 1. The number of hydrogen-bond donors (Lipinski definition) is 0. The molecule has 0 bridgehead atoms. The molecule has 0 radical (unpaired) electrons. The van der Waals surface area contributed by atoms with Crippen molar-refractivity contribution in [3.63, 3.8) is 0 Å². The van der Waals surface area contributed by atoms with Crippen LogP contribution in [0.15, 0.2) is 12.1 Å². The van der Waals surface area contributed by atoms with Crippen molar-refractivity contribution >= 4 is 39.2 Å². The Morgan fingerprint density at radius 3 is 2.93 bits per heavy atom. The third-order valence-corrected chi connectivity index (χ3v) is 2.76. The van der Waals surface area contributed by atoms with Gasteiger partial charge in [-0.1, -0.05) is 0 Å². The van der Waals surface area contributed by atoms with Gasteiger partial charge in [-0.15, -0.1) is 0 Å². The molecule has 0 saturated heterocycles. The molecule has 0 aliphatic carbocycles. The zero-order valence-electron chi connectivity index (χ0n) is 7.25. The normalized spacial score (nSPS) is 10.4. The fourth-order valence-corrected chi connectivity index (χ4v) is 2.11. The van der Waals surface area contributed by atoms with Gasteiger partial charge in [-0.3, -0.25) is 4.68 Å². The molecule has 1 aromatic carbocycles. The first kappa shape index (κ1) is 9.40. The molecular weight excluding hydrogens is 296 g/mol. The Hall–Kier alpha value is -1.16. The van der Waals surface area contributed by atoms with Gasteiger partial charge >= 0.3 is 0 Å². The van der Waals surface area contributed by atoms with Crippen LogP contribution in [0.3, 0.4) is 0 Å². The summed E-state index contributed by atoms with van der Waals surface area (Å²) in [6.07, 6.45) is 0. The van der Waals surface area contributed by atoms with Gasteiger partial charge in [0.1, 0.15) is 15.0 Å². The van der Waals surface area contributed by atoms with Crippen LogP contribution in [0, 0.1) is 16.1 Å². The van der Waals surface area contributed by atoms with E-state index < -0.39 is 5.82 Å². The van der Waals surface area contributed by atoms with E-state index in [2.05, 4.69) is 9.94 Å². The van der Waals surface area contributed by atoms with Crippen molar-refractivity contribution in [3.05, 3.63) is 33.1 Å². The van der Waals surface area contributed by atoms with E-state index in [9.17, 15) is 4.39 Å². The Morgan fingerprint density at radius 2 is 2.29 bits per heavy atom. The molecule has 3 nitrogen and oxygen atoms in total. The van der Waals surface area contributed by atoms with Crippen LogP contribution in [0.5, 0.6) is 0 Å². The maximum atomic E-state index is 13.5. The first-order chi connectivity index (χ1) is 6.63. The maximum absolute atomic E-state index is 13.5. The summed E-state index contributed by atoms with van der Waals surface area (Å²) < 4.78 is 15.7. The van der Waals surface area contributed by atoms with E-state index in [-0.39, 0.29) is 0 Å². The van der Waals surface area contributed by atoms with Gasteiger partial charge in [0, 0.05) is 12.4 Å². The summed E-state index contributed by atoms with van der Waals surface area (Å²) in [6.45, 7) is 6.82. The predicted octanol–water partition coefficient (Wildman–Crippen LogP) is 2.87. The Bertz CT molecular complexity index is 553. The summed E-state index contributed by atoms with van der Waals surface area (Å²) >= 11 is 2.03. The lowest BCUT2D eigenvalue weighted by atomic mass is 10.2. The van der Waals surface area contributed by atoms with E-state index in [0.29, 0.717) is 20.3 Å². The fourth-order valence-electron chi connectivity index (χ4n) is 1.37. The van der Waals surface area contributed by atoms with Gasteiger partial charge in [-0.05, 0) is 34.7 Å². The highest BCUT2D eigenvalue weighted by Crippen LogP contribution is 2.27. The summed E-state index contributed by atoms with van der Waals surface area (Å²) in [5.74, 6) is -0.397. The average Bonchev–Trinajstić information content (AvgIpc) is 2.42. The van der Waals surface area contributed by atoms with Crippen molar-refractivity contribution in [3.8, 4) is 0 Å². The lowest BCUT2D eigenvalue weighted by Crippen LogP contribution is -1.91. The fraction of sp³-hybridized carbons (Fsp3) is 0.111. The third kappa shape index (κ3) is 1.26. The quantitative estimate of drug-likeness (QED) is 0.542. The van der Waals surface area contributed by atoms with Gasteiger partial charge in [0.2, 0.25) is 0 Å². The molecule has 2 aromatic rings. The van der Waals surface area contributed by atoms with Crippen molar-refractivity contribution in [1.29, 1.82) is 0 Å². The predicted molar refractivity (Wildman–Crippen MR) is 59.7 cm³/mol. The molecule has 0 atom stereocenters. The van der Waals surface area contributed by atoms with Gasteiger partial charge in [0.05, 0.1) is 6.57 Å². The van der Waals surface area contributed by atoms with Crippen LogP contribution in [-0.2, 0) is 7.05 Å². The summed E-state index contributed by atoms with van der Waals surface area (Å²) in [6, 6.07) is 2.88. The van der Waals surface area contributed by atoms with E-state index in [1.165, 1.54) is 10.7 Å². The summed E-state index contributed by atoms with van der Waals surface area (Å²) in [5.41, 5.74) is 0.753. The molecule has 0 fully saturated rings. The largest absolute Gasteiger partial charge is 0.264 e. The second-order valence-electron chi connectivity index (χ2n) is 2.85. The van der Waals surface area contributed by atoms with Crippen LogP contribution >= 0.6 is 22.6 Å². The monoisotopic (exact) mass is 301 g/mol. The minimum absolute atomic E-state index is 0.306. The number of nitrogens with zero attached hydrogens (tertiary/aromatic N) is 3. The summed E-state index contributed by atoms with van der Waals surface area (Å²) in [5, 5.41) is 4.78. The van der Waals surface area contributed by atoms with Crippen molar-refractivity contribution in [1.82, 2.24) is 9.78 Å². The molecule has 0 aliphatic heterocycles. The Balaban J connectivity index is 2.94. The topological polar surface area (TPSA) is 22.2 Å². The average molecular weight is 301 g/mol. The first-order valence-electron chi connectivity index (χ1n) is 3.82. The summed E-state index contributed by atoms with van der Waals surface area (Å²) in [4.78, 5) is 3.20. The molecule has 14 heavy (non-hydrogen) atoms. The zero-order valence-corrected chi connectivity index (χ0v) is 9.41. The van der Waals surface area contributed by atoms with Crippen LogP contribution in [-0.4, -0.2) is 9.78 Å². The SMILES string of the molecule is [C-]#[N+]c1cc(F)c2c(c1)c(I)nn2C. The van der Waals surface area contributed by atoms with Crippen molar-refractivity contribution in [2.45, 2.75) is 0 Å². The molecule has 1 aromatic heterocycles. The minimum atomic E-state index is -0.397. The van der Waals surface area contributed by atoms with Gasteiger partial charge < -0.3 is 0 Å². The summed E-state index contributed by atoms with van der Waals surface area (Å²) in [7, 11) is 1.69. The smallest absolute Gasteiger partial charge is 0.190 e. The maximum Gasteiger partial charge on any atom is 0.190 e. The highest BCUT2D eigenvalue weighted by Gasteiger charge is 2.11. The highest BCUT2D eigenvalue weighted by atomic mass is 127. The van der Waals surface area contributed by atoms with Gasteiger partial charge in [-0.2, -0.15) is 5.10 Å². The van der Waals surface area contributed by atoms with E-state index in [0.717, 1.165) is 0 Å². The van der Waals surface area contributed by atoms with E-state index in [1.807, 2.05) is 22.6 Å². The van der Waals surface area contributed by atoms with E-state index in [4.69, 9.17) is 6.57 Å². The molecule has 0 N–H and O–H groups in total. The van der Waals surface area contributed by atoms with Crippen LogP contribution in [0.25, 0.3) is 15.7 Å². The van der Waals surface area contributed by atoms with E-state index >= 15 is 0 Å². The number of fused-ring (bicyclic) bond motifs is 1. The van der Waals surface area contributed by atoms with Crippen LogP contribution < -0.4 is 0 Å². The van der Waals surface area contributed by atoms with Gasteiger partial charge in [-0.25, -0.2) is 9.24 Å². The van der Waals surface area contributed by atoms with Crippen molar-refractivity contribution < 1.29 is 4.39 Å². The molecule has 0 spiro atoms. The number of aryl methyl sites for hydroxylation is 1. The number of benzene rings is 1. The van der Waals surface area contributed by atoms with Crippen molar-refractivity contribution in [2.24, 2.45) is 7.05 Å². The third-order valence-electron chi connectivity index (χ3n) is 1.96. The first-order valence-corrected chi connectivity index (χ1v) is 4.90. The van der Waals surface area contributed by atoms with Gasteiger partial charge in [0.15, 0.2) is 5.69 Å². The van der Waals surface area contributed by atoms with Gasteiger partial charge in [0.25, 0.3) is 0 Å². The highest BCUT2D eigenvalue weighted by molar-refractivity contribution is 14.1. The minimum Gasteiger partial charge on any atom is -0.264 e. The molecule has 1 heterocycles. The Kier molecular flexibility index (Phi) is 2.15. The molecule has 0 aliphatic rings. The van der Waals surface area contributed by atoms with Crippen LogP contribution in [0.1, 0.15) is 0 Å². The number of rotatable bonds is 0.